The van der Waals surface area contributed by atoms with Crippen molar-refractivity contribution in [3.05, 3.63) is 65.2 Å². The average molecular weight is 422 g/mol. The topological polar surface area (TPSA) is 63.9 Å². The molecule has 6 nitrogen and oxygen atoms in total. The lowest BCUT2D eigenvalue weighted by atomic mass is 9.87. The van der Waals surface area contributed by atoms with Crippen molar-refractivity contribution >= 4 is 17.7 Å². The third-order valence-corrected chi connectivity index (χ3v) is 6.67. The number of amides is 1. The van der Waals surface area contributed by atoms with E-state index >= 15 is 0 Å². The van der Waals surface area contributed by atoms with Crippen LogP contribution in [0.5, 0.6) is 0 Å². The van der Waals surface area contributed by atoms with E-state index in [2.05, 4.69) is 65.8 Å². The summed E-state index contributed by atoms with van der Waals surface area (Å²) in [5.41, 5.74) is 4.80. The van der Waals surface area contributed by atoms with Crippen LogP contribution in [0.4, 0.5) is 0 Å². The normalized spacial score (nSPS) is 15.8. The van der Waals surface area contributed by atoms with Crippen LogP contribution in [0.25, 0.3) is 5.69 Å². The van der Waals surface area contributed by atoms with Crippen molar-refractivity contribution in [1.29, 1.82) is 0 Å². The van der Waals surface area contributed by atoms with Crippen LogP contribution in [0.1, 0.15) is 55.3 Å². The summed E-state index contributed by atoms with van der Waals surface area (Å²) in [6, 6.07) is 16.8. The number of carbonyl (C=O) groups excluding carboxylic acids is 1. The molecule has 7 heteroatoms. The van der Waals surface area contributed by atoms with Gasteiger partial charge in [-0.25, -0.2) is 0 Å². The highest BCUT2D eigenvalue weighted by atomic mass is 32.2. The highest BCUT2D eigenvalue weighted by Gasteiger charge is 2.26. The first-order chi connectivity index (χ1) is 14.5. The number of benzene rings is 2. The molecule has 1 aromatic heterocycles. The van der Waals surface area contributed by atoms with Crippen molar-refractivity contribution < 1.29 is 4.79 Å². The highest BCUT2D eigenvalue weighted by Crippen LogP contribution is 2.34. The van der Waals surface area contributed by atoms with E-state index in [0.717, 1.165) is 24.9 Å². The summed E-state index contributed by atoms with van der Waals surface area (Å²) in [6.07, 6.45) is 3.20. The Bertz CT molecular complexity index is 1010. The first kappa shape index (κ1) is 20.6. The Morgan fingerprint density at radius 3 is 2.73 bits per heavy atom. The predicted octanol–water partition coefficient (Wildman–Crippen LogP) is 4.41. The van der Waals surface area contributed by atoms with Crippen LogP contribution < -0.4 is 0 Å². The second-order valence-electron chi connectivity index (χ2n) is 8.02. The monoisotopic (exact) mass is 421 g/mol. The molecule has 1 heterocycles. The lowest BCUT2D eigenvalue weighted by molar-refractivity contribution is -0.129. The number of aromatic nitrogens is 4. The van der Waals surface area contributed by atoms with Gasteiger partial charge in [-0.05, 0) is 64.4 Å². The van der Waals surface area contributed by atoms with Gasteiger partial charge in [0.2, 0.25) is 11.1 Å². The molecule has 0 radical (unpaired) electrons. The molecule has 0 saturated heterocycles. The number of tetrazole rings is 1. The van der Waals surface area contributed by atoms with Crippen molar-refractivity contribution in [2.45, 2.75) is 50.2 Å². The molecule has 0 unspecified atom stereocenters. The number of fused-ring (bicyclic) bond motifs is 1. The Morgan fingerprint density at radius 2 is 1.97 bits per heavy atom. The lowest BCUT2D eigenvalue weighted by Gasteiger charge is -2.33. The highest BCUT2D eigenvalue weighted by molar-refractivity contribution is 7.99. The summed E-state index contributed by atoms with van der Waals surface area (Å²) in [7, 11) is 1.91. The molecule has 0 spiro atoms. The number of carbonyl (C=O) groups is 1. The molecular weight excluding hydrogens is 394 g/mol. The maximum atomic E-state index is 12.9. The maximum Gasteiger partial charge on any atom is 0.233 e. The molecule has 4 rings (SSSR count). The molecule has 0 saturated carbocycles. The van der Waals surface area contributed by atoms with E-state index in [0.29, 0.717) is 16.8 Å². The Balaban J connectivity index is 1.43. The third-order valence-electron chi connectivity index (χ3n) is 5.77. The molecule has 1 aliphatic rings. The Hall–Kier alpha value is -2.67. The van der Waals surface area contributed by atoms with E-state index < -0.39 is 0 Å². The largest absolute Gasteiger partial charge is 0.338 e. The number of nitrogens with zero attached hydrogens (tertiary/aromatic N) is 5. The zero-order valence-electron chi connectivity index (χ0n) is 17.7. The molecule has 30 heavy (non-hydrogen) atoms. The van der Waals surface area contributed by atoms with Crippen molar-refractivity contribution in [2.75, 3.05) is 12.8 Å². The van der Waals surface area contributed by atoms with Gasteiger partial charge in [0, 0.05) is 7.05 Å². The molecule has 1 aliphatic carbocycles. The molecule has 0 fully saturated rings. The smallest absolute Gasteiger partial charge is 0.233 e. The van der Waals surface area contributed by atoms with Gasteiger partial charge in [0.05, 0.1) is 17.5 Å². The summed E-state index contributed by atoms with van der Waals surface area (Å²) in [6.45, 7) is 4.33. The molecular formula is C23H27N5OS. The van der Waals surface area contributed by atoms with Crippen molar-refractivity contribution in [3.63, 3.8) is 0 Å². The molecule has 0 N–H and O–H groups in total. The zero-order chi connectivity index (χ0) is 21.1. The molecule has 1 amide bonds. The van der Waals surface area contributed by atoms with Crippen LogP contribution in [0.2, 0.25) is 0 Å². The number of hydrogen-bond donors (Lipinski definition) is 0. The van der Waals surface area contributed by atoms with Crippen molar-refractivity contribution in [1.82, 2.24) is 25.1 Å². The van der Waals surface area contributed by atoms with Crippen LogP contribution in [-0.2, 0) is 11.2 Å². The van der Waals surface area contributed by atoms with Crippen LogP contribution in [0.3, 0.4) is 0 Å². The second kappa shape index (κ2) is 9.00. The van der Waals surface area contributed by atoms with E-state index in [-0.39, 0.29) is 11.9 Å². The van der Waals surface area contributed by atoms with Gasteiger partial charge in [-0.2, -0.15) is 4.68 Å². The molecule has 1 atom stereocenters. The van der Waals surface area contributed by atoms with E-state index in [9.17, 15) is 4.79 Å². The van der Waals surface area contributed by atoms with E-state index in [1.807, 2.05) is 24.1 Å². The van der Waals surface area contributed by atoms with Gasteiger partial charge < -0.3 is 4.90 Å². The van der Waals surface area contributed by atoms with Crippen LogP contribution >= 0.6 is 11.8 Å². The maximum absolute atomic E-state index is 12.9. The Kier molecular flexibility index (Phi) is 6.18. The zero-order valence-corrected chi connectivity index (χ0v) is 18.5. The number of aryl methyl sites for hydroxylation is 1. The minimum atomic E-state index is 0.0893. The average Bonchev–Trinajstić information content (AvgIpc) is 3.25. The van der Waals surface area contributed by atoms with Gasteiger partial charge in [-0.3, -0.25) is 4.79 Å². The van der Waals surface area contributed by atoms with Crippen molar-refractivity contribution in [3.8, 4) is 5.69 Å². The van der Waals surface area contributed by atoms with Gasteiger partial charge in [-0.15, -0.1) is 5.10 Å². The van der Waals surface area contributed by atoms with E-state index in [1.54, 1.807) is 4.68 Å². The van der Waals surface area contributed by atoms with Crippen LogP contribution in [-0.4, -0.2) is 43.8 Å². The Morgan fingerprint density at radius 1 is 1.20 bits per heavy atom. The van der Waals surface area contributed by atoms with Crippen LogP contribution in [0.15, 0.2) is 53.7 Å². The SMILES string of the molecule is CC(C)c1ccc(-n2nnnc2SCC(=O)N(C)[C@H]2CCCc3ccccc32)cc1. The first-order valence-electron chi connectivity index (χ1n) is 10.4. The van der Waals surface area contributed by atoms with Gasteiger partial charge in [-0.1, -0.05) is 62.0 Å². The van der Waals surface area contributed by atoms with Gasteiger partial charge in [0.1, 0.15) is 0 Å². The fourth-order valence-electron chi connectivity index (χ4n) is 3.96. The fraction of sp³-hybridized carbons (Fsp3) is 0.391. The minimum Gasteiger partial charge on any atom is -0.338 e. The summed E-state index contributed by atoms with van der Waals surface area (Å²) in [5, 5.41) is 12.7. The summed E-state index contributed by atoms with van der Waals surface area (Å²) in [4.78, 5) is 14.8. The number of hydrogen-bond acceptors (Lipinski definition) is 5. The third kappa shape index (κ3) is 4.26. The van der Waals surface area contributed by atoms with Gasteiger partial charge in [0.15, 0.2) is 0 Å². The second-order valence-corrected chi connectivity index (χ2v) is 8.96. The van der Waals surface area contributed by atoms with Gasteiger partial charge >= 0.3 is 0 Å². The molecule has 156 valence electrons. The summed E-state index contributed by atoms with van der Waals surface area (Å²) >= 11 is 1.38. The van der Waals surface area contributed by atoms with E-state index in [1.165, 1.54) is 28.5 Å². The van der Waals surface area contributed by atoms with Gasteiger partial charge in [0.25, 0.3) is 0 Å². The molecule has 2 aromatic carbocycles. The quantitative estimate of drug-likeness (QED) is 0.552. The fourth-order valence-corrected chi connectivity index (χ4v) is 4.78. The first-order valence-corrected chi connectivity index (χ1v) is 11.4. The lowest BCUT2D eigenvalue weighted by Crippen LogP contribution is -2.34. The molecule has 0 aliphatic heterocycles. The van der Waals surface area contributed by atoms with E-state index in [4.69, 9.17) is 0 Å². The summed E-state index contributed by atoms with van der Waals surface area (Å²) < 4.78 is 1.69. The molecule has 3 aromatic rings. The molecule has 0 bridgehead atoms. The number of thioether (sulfide) groups is 1. The van der Waals surface area contributed by atoms with Crippen LogP contribution in [0, 0.1) is 0 Å². The minimum absolute atomic E-state index is 0.0893. The van der Waals surface area contributed by atoms with Crippen molar-refractivity contribution in [2.24, 2.45) is 0 Å². The standard InChI is InChI=1S/C23H27N5OS/c1-16(2)17-11-13-19(14-12-17)28-23(24-25-26-28)30-15-22(29)27(3)21-10-6-8-18-7-4-5-9-20(18)21/h4-5,7,9,11-14,16,21H,6,8,10,15H2,1-3H3/t21-/m0/s1. The Labute approximate surface area is 181 Å². The summed E-state index contributed by atoms with van der Waals surface area (Å²) in [5.74, 6) is 0.867. The number of rotatable bonds is 6. The predicted molar refractivity (Wildman–Crippen MR) is 119 cm³/mol.